The summed E-state index contributed by atoms with van der Waals surface area (Å²) in [6.07, 6.45) is 1.15. The number of hydrogen-bond donors (Lipinski definition) is 1. The van der Waals surface area contributed by atoms with E-state index in [2.05, 4.69) is 5.32 Å². The summed E-state index contributed by atoms with van der Waals surface area (Å²) in [7, 11) is 0. The highest BCUT2D eigenvalue weighted by Crippen LogP contribution is 2.34. The van der Waals surface area contributed by atoms with Crippen LogP contribution in [0.2, 0.25) is 10.0 Å². The van der Waals surface area contributed by atoms with Gasteiger partial charge in [-0.15, -0.1) is 0 Å². The number of furan rings is 1. The molecule has 0 bridgehead atoms. The highest BCUT2D eigenvalue weighted by atomic mass is 35.5. The van der Waals surface area contributed by atoms with E-state index in [4.69, 9.17) is 27.6 Å². The minimum atomic E-state index is -0.906. The normalized spacial score (nSPS) is 15.2. The number of nitro benzene ring substituents is 1. The number of benzene rings is 2. The molecule has 0 radical (unpaired) electrons. The average molecular weight is 472 g/mol. The van der Waals surface area contributed by atoms with Crippen LogP contribution in [0.3, 0.4) is 0 Å². The van der Waals surface area contributed by atoms with E-state index in [0.29, 0.717) is 5.02 Å². The van der Waals surface area contributed by atoms with E-state index in [1.807, 2.05) is 0 Å². The Morgan fingerprint density at radius 1 is 0.969 bits per heavy atom. The molecule has 1 fully saturated rings. The van der Waals surface area contributed by atoms with E-state index >= 15 is 0 Å². The van der Waals surface area contributed by atoms with Gasteiger partial charge < -0.3 is 4.42 Å². The van der Waals surface area contributed by atoms with Crippen LogP contribution in [0.5, 0.6) is 0 Å². The summed E-state index contributed by atoms with van der Waals surface area (Å²) in [4.78, 5) is 48.9. The predicted octanol–water partition coefficient (Wildman–Crippen LogP) is 4.83. The van der Waals surface area contributed by atoms with Gasteiger partial charge in [0.25, 0.3) is 17.5 Å². The van der Waals surface area contributed by atoms with Crippen LogP contribution in [-0.2, 0) is 9.59 Å². The van der Waals surface area contributed by atoms with E-state index in [1.54, 1.807) is 0 Å². The van der Waals surface area contributed by atoms with Crippen molar-refractivity contribution in [3.8, 4) is 11.3 Å². The molecule has 9 nitrogen and oxygen atoms in total. The van der Waals surface area contributed by atoms with Gasteiger partial charge >= 0.3 is 6.03 Å². The molecule has 0 unspecified atom stereocenters. The number of carbonyl (C=O) groups excluding carboxylic acids is 3. The lowest BCUT2D eigenvalue weighted by atomic mass is 10.1. The topological polar surface area (TPSA) is 123 Å². The first-order valence-electron chi connectivity index (χ1n) is 8.96. The molecule has 11 heteroatoms. The van der Waals surface area contributed by atoms with Crippen molar-refractivity contribution in [3.63, 3.8) is 0 Å². The fraction of sp³-hybridized carbons (Fsp3) is 0. The summed E-state index contributed by atoms with van der Waals surface area (Å²) in [5, 5.41) is 14.0. The Balaban J connectivity index is 1.70. The van der Waals surface area contributed by atoms with Crippen molar-refractivity contribution in [1.82, 2.24) is 5.32 Å². The molecule has 2 heterocycles. The predicted molar refractivity (Wildman–Crippen MR) is 116 cm³/mol. The highest BCUT2D eigenvalue weighted by molar-refractivity contribution is 6.39. The maximum atomic E-state index is 12.9. The SMILES string of the molecule is O=C1NC(=O)N(c2ccc(Cl)cc2)C(=O)C1=Cc1ccc(-c2ccc(Cl)cc2[N+](=O)[O-])o1. The van der Waals surface area contributed by atoms with Gasteiger partial charge in [-0.3, -0.25) is 25.0 Å². The van der Waals surface area contributed by atoms with Crippen LogP contribution in [0.4, 0.5) is 16.2 Å². The zero-order valence-electron chi connectivity index (χ0n) is 15.9. The first-order valence-corrected chi connectivity index (χ1v) is 9.71. The zero-order chi connectivity index (χ0) is 23.0. The molecule has 1 saturated heterocycles. The lowest BCUT2D eigenvalue weighted by Gasteiger charge is -2.26. The molecule has 2 aromatic carbocycles. The third-order valence-electron chi connectivity index (χ3n) is 4.52. The van der Waals surface area contributed by atoms with Gasteiger partial charge in [0.05, 0.1) is 16.2 Å². The Labute approximate surface area is 190 Å². The molecule has 4 amide bonds. The first kappa shape index (κ1) is 21.3. The van der Waals surface area contributed by atoms with Crippen molar-refractivity contribution in [1.29, 1.82) is 0 Å². The number of nitro groups is 1. The minimum absolute atomic E-state index is 0.0770. The first-order chi connectivity index (χ1) is 15.2. The van der Waals surface area contributed by atoms with Gasteiger partial charge in [0.2, 0.25) is 0 Å². The highest BCUT2D eigenvalue weighted by Gasteiger charge is 2.37. The number of rotatable bonds is 4. The molecule has 0 atom stereocenters. The lowest BCUT2D eigenvalue weighted by molar-refractivity contribution is -0.384. The Morgan fingerprint density at radius 2 is 1.66 bits per heavy atom. The summed E-state index contributed by atoms with van der Waals surface area (Å²) in [5.74, 6) is -1.56. The van der Waals surface area contributed by atoms with Gasteiger partial charge in [-0.25, -0.2) is 9.69 Å². The Hall–Kier alpha value is -3.95. The number of imide groups is 2. The third kappa shape index (κ3) is 3.98. The largest absolute Gasteiger partial charge is 0.456 e. The fourth-order valence-corrected chi connectivity index (χ4v) is 3.36. The molecule has 1 aliphatic heterocycles. The monoisotopic (exact) mass is 471 g/mol. The van der Waals surface area contributed by atoms with Crippen LogP contribution in [0.25, 0.3) is 17.4 Å². The molecule has 32 heavy (non-hydrogen) atoms. The van der Waals surface area contributed by atoms with E-state index < -0.39 is 22.8 Å². The summed E-state index contributed by atoms with van der Waals surface area (Å²) in [6.45, 7) is 0. The second-order valence-corrected chi connectivity index (χ2v) is 7.43. The van der Waals surface area contributed by atoms with Crippen LogP contribution in [0.15, 0.2) is 64.6 Å². The number of nitrogens with zero attached hydrogens (tertiary/aromatic N) is 2. The summed E-state index contributed by atoms with van der Waals surface area (Å²) < 4.78 is 5.61. The molecule has 0 spiro atoms. The molecular formula is C21H11Cl2N3O6. The Bertz CT molecular complexity index is 1310. The molecule has 0 saturated carbocycles. The fourth-order valence-electron chi connectivity index (χ4n) is 3.06. The van der Waals surface area contributed by atoms with Crippen molar-refractivity contribution in [2.24, 2.45) is 0 Å². The molecule has 160 valence electrons. The van der Waals surface area contributed by atoms with Crippen molar-refractivity contribution in [2.45, 2.75) is 0 Å². The van der Waals surface area contributed by atoms with E-state index in [1.165, 1.54) is 54.6 Å². The van der Waals surface area contributed by atoms with Gasteiger partial charge in [0.15, 0.2) is 0 Å². The van der Waals surface area contributed by atoms with Crippen LogP contribution in [0, 0.1) is 10.1 Å². The second kappa shape index (κ2) is 8.29. The maximum absolute atomic E-state index is 12.9. The molecule has 1 aromatic heterocycles. The van der Waals surface area contributed by atoms with Crippen LogP contribution in [0.1, 0.15) is 5.76 Å². The molecule has 3 aromatic rings. The van der Waals surface area contributed by atoms with Crippen LogP contribution in [-0.4, -0.2) is 22.8 Å². The van der Waals surface area contributed by atoms with Crippen molar-refractivity contribution >= 4 is 58.5 Å². The number of anilines is 1. The minimum Gasteiger partial charge on any atom is -0.456 e. The number of carbonyl (C=O) groups is 3. The smallest absolute Gasteiger partial charge is 0.335 e. The van der Waals surface area contributed by atoms with Gasteiger partial charge in [-0.05, 0) is 54.6 Å². The average Bonchev–Trinajstić information content (AvgIpc) is 3.20. The summed E-state index contributed by atoms with van der Waals surface area (Å²) in [6, 6.07) is 12.0. The lowest BCUT2D eigenvalue weighted by Crippen LogP contribution is -2.54. The van der Waals surface area contributed by atoms with E-state index in [-0.39, 0.29) is 39.1 Å². The summed E-state index contributed by atoms with van der Waals surface area (Å²) in [5.41, 5.74) is -0.239. The van der Waals surface area contributed by atoms with Gasteiger partial charge in [-0.2, -0.15) is 0 Å². The Kier molecular flexibility index (Phi) is 5.52. The molecular weight excluding hydrogens is 461 g/mol. The van der Waals surface area contributed by atoms with E-state index in [9.17, 15) is 24.5 Å². The van der Waals surface area contributed by atoms with Crippen molar-refractivity contribution < 1.29 is 23.7 Å². The third-order valence-corrected chi connectivity index (χ3v) is 5.01. The molecule has 1 aliphatic rings. The van der Waals surface area contributed by atoms with Gasteiger partial charge in [0.1, 0.15) is 17.1 Å². The number of nitrogens with one attached hydrogen (secondary N) is 1. The van der Waals surface area contributed by atoms with E-state index in [0.717, 1.165) is 11.0 Å². The van der Waals surface area contributed by atoms with Crippen LogP contribution >= 0.6 is 23.2 Å². The molecule has 0 aliphatic carbocycles. The number of halogens is 2. The van der Waals surface area contributed by atoms with Gasteiger partial charge in [0, 0.05) is 16.1 Å². The zero-order valence-corrected chi connectivity index (χ0v) is 17.4. The van der Waals surface area contributed by atoms with Crippen LogP contribution < -0.4 is 10.2 Å². The van der Waals surface area contributed by atoms with Gasteiger partial charge in [-0.1, -0.05) is 23.2 Å². The number of urea groups is 1. The molecule has 1 N–H and O–H groups in total. The number of amides is 4. The number of barbiturate groups is 1. The summed E-state index contributed by atoms with van der Waals surface area (Å²) >= 11 is 11.7. The Morgan fingerprint density at radius 3 is 2.34 bits per heavy atom. The van der Waals surface area contributed by atoms with Crippen molar-refractivity contribution in [2.75, 3.05) is 4.90 Å². The quantitative estimate of drug-likeness (QED) is 0.251. The standard InChI is InChI=1S/C21H11Cl2N3O6/c22-11-1-4-13(5-2-11)25-20(28)16(19(27)24-21(25)29)10-14-6-8-18(32-14)15-7-3-12(23)9-17(15)26(30)31/h1-10H,(H,24,27,29). The molecule has 4 rings (SSSR count). The number of hydrogen-bond acceptors (Lipinski definition) is 6. The maximum Gasteiger partial charge on any atom is 0.335 e. The second-order valence-electron chi connectivity index (χ2n) is 6.55. The van der Waals surface area contributed by atoms with Crippen molar-refractivity contribution in [3.05, 3.63) is 86.1 Å².